The summed E-state index contributed by atoms with van der Waals surface area (Å²) in [4.78, 5) is 54.4. The van der Waals surface area contributed by atoms with E-state index in [9.17, 15) is 24.0 Å². The number of carbonyl (C=O) groups excluding carboxylic acids is 5. The molecule has 0 saturated carbocycles. The summed E-state index contributed by atoms with van der Waals surface area (Å²) in [7, 11) is 1.49. The maximum Gasteiger partial charge on any atom is 0.312 e. The van der Waals surface area contributed by atoms with Crippen molar-refractivity contribution in [1.82, 2.24) is 21.0 Å². The van der Waals surface area contributed by atoms with Crippen LogP contribution in [-0.4, -0.2) is 84.4 Å². The molecule has 0 aliphatic carbocycles. The number of carbonyl (C=O) groups is 5. The minimum Gasteiger partial charge on any atom is -0.464 e. The van der Waals surface area contributed by atoms with Gasteiger partial charge in [-0.3, -0.25) is 19.2 Å². The summed E-state index contributed by atoms with van der Waals surface area (Å²) in [6, 6.07) is 5.67. The molecule has 47 heavy (non-hydrogen) atoms. The fourth-order valence-corrected chi connectivity index (χ4v) is 2.85. The van der Waals surface area contributed by atoms with Crippen LogP contribution in [0.2, 0.25) is 0 Å². The molecule has 1 rings (SSSR count). The van der Waals surface area contributed by atoms with Crippen LogP contribution in [0.3, 0.4) is 0 Å². The molecular weight excluding hydrogens is 685 g/mol. The van der Waals surface area contributed by atoms with Crippen LogP contribution in [0.25, 0.3) is 0 Å². The number of nitrogens with two attached hydrogens (primary N) is 1. The summed E-state index contributed by atoms with van der Waals surface area (Å²) in [6.45, 7) is 18.4. The summed E-state index contributed by atoms with van der Waals surface area (Å²) in [5.41, 5.74) is 6.23. The van der Waals surface area contributed by atoms with E-state index in [0.29, 0.717) is 56.4 Å². The van der Waals surface area contributed by atoms with Gasteiger partial charge in [0, 0.05) is 71.4 Å². The van der Waals surface area contributed by atoms with Gasteiger partial charge in [-0.05, 0) is 49.8 Å². The Labute approximate surface area is 307 Å². The fourth-order valence-electron chi connectivity index (χ4n) is 2.85. The predicted molar refractivity (Wildman–Crippen MR) is 182 cm³/mol. The average molecular weight is 748 g/mol. The van der Waals surface area contributed by atoms with Crippen LogP contribution in [0.15, 0.2) is 24.3 Å². The third-order valence-electron chi connectivity index (χ3n) is 5.54. The van der Waals surface area contributed by atoms with E-state index in [1.807, 2.05) is 41.5 Å². The Morgan fingerprint density at radius 2 is 1.60 bits per heavy atom. The molecule has 1 aromatic carbocycles. The molecule has 0 spiro atoms. The fraction of sp³-hybridized carbons (Fsp3) is 0.656. The van der Waals surface area contributed by atoms with Crippen molar-refractivity contribution in [2.75, 3.05) is 32.1 Å². The van der Waals surface area contributed by atoms with Crippen molar-refractivity contribution in [3.63, 3.8) is 0 Å². The number of benzene rings is 1. The normalized spacial score (nSPS) is 10.5. The summed E-state index contributed by atoms with van der Waals surface area (Å²) in [6.07, 6.45) is 2.89. The topological polar surface area (TPSA) is 212 Å². The first kappa shape index (κ1) is 53.8. The second-order valence-electron chi connectivity index (χ2n) is 9.69. The number of nitrogens with one attached hydrogen (secondary N) is 4. The van der Waals surface area contributed by atoms with Gasteiger partial charge >= 0.3 is 12.0 Å². The molecule has 14 nitrogen and oxygen atoms in total. The molecule has 2 atom stereocenters. The van der Waals surface area contributed by atoms with E-state index in [4.69, 9.17) is 16.0 Å². The zero-order valence-corrected chi connectivity index (χ0v) is 33.1. The quantitative estimate of drug-likeness (QED) is 0.0570. The second kappa shape index (κ2) is 37.8. The van der Waals surface area contributed by atoms with Crippen molar-refractivity contribution in [3.8, 4) is 0 Å². The van der Waals surface area contributed by atoms with E-state index in [-0.39, 0.29) is 63.7 Å². The summed E-state index contributed by atoms with van der Waals surface area (Å²) in [5, 5.41) is 28.9. The number of aliphatic hydroxyl groups excluding tert-OH is 1. The number of likely N-dealkylation sites (N-methyl/N-ethyl adjacent to an activating group) is 1. The van der Waals surface area contributed by atoms with Gasteiger partial charge in [-0.2, -0.15) is 5.06 Å². The van der Waals surface area contributed by atoms with E-state index in [1.54, 1.807) is 24.3 Å². The van der Waals surface area contributed by atoms with Crippen molar-refractivity contribution in [3.05, 3.63) is 29.8 Å². The Hall–Kier alpha value is -2.65. The van der Waals surface area contributed by atoms with Crippen LogP contribution >= 0.6 is 0 Å². The second-order valence-corrected chi connectivity index (χ2v) is 9.69. The molecule has 0 bridgehead atoms. The van der Waals surface area contributed by atoms with Gasteiger partial charge in [-0.25, -0.2) is 4.79 Å². The van der Waals surface area contributed by atoms with Gasteiger partial charge < -0.3 is 42.1 Å². The first-order chi connectivity index (χ1) is 21.8. The maximum atomic E-state index is 12.1. The Kier molecular flexibility index (Phi) is 43.3. The zero-order chi connectivity index (χ0) is 36.5. The van der Waals surface area contributed by atoms with Crippen molar-refractivity contribution >= 4 is 35.9 Å². The van der Waals surface area contributed by atoms with Crippen molar-refractivity contribution in [1.29, 1.82) is 0 Å². The van der Waals surface area contributed by atoms with E-state index in [0.717, 1.165) is 17.0 Å². The molecule has 1 aromatic rings. The molecule has 0 aliphatic rings. The third-order valence-corrected chi connectivity index (χ3v) is 5.54. The van der Waals surface area contributed by atoms with Gasteiger partial charge in [-0.1, -0.05) is 60.6 Å². The summed E-state index contributed by atoms with van der Waals surface area (Å²) < 4.78 is 4.51. The summed E-state index contributed by atoms with van der Waals surface area (Å²) >= 11 is 0. The SMILES string of the molecule is CC.CC.CC(=O)OCCN(C)O.CCCC(=O)NC(C)C(C)C.NC(=O)NCCC[C@H](NC=O)C(=O)Nc1ccc(CO)cc1.[Y]. The number of ether oxygens (including phenoxy) is 1. The van der Waals surface area contributed by atoms with Crippen LogP contribution in [0.1, 0.15) is 93.6 Å². The van der Waals surface area contributed by atoms with Gasteiger partial charge in [0.25, 0.3) is 0 Å². The monoisotopic (exact) mass is 747 g/mol. The molecule has 0 fully saturated rings. The number of aliphatic hydroxyl groups is 1. The van der Waals surface area contributed by atoms with Crippen molar-refractivity contribution in [2.24, 2.45) is 11.7 Å². The Balaban J connectivity index is -0.000000198. The third kappa shape index (κ3) is 37.7. The first-order valence-electron chi connectivity index (χ1n) is 15.8. The molecule has 8 N–H and O–H groups in total. The zero-order valence-electron chi connectivity index (χ0n) is 30.2. The number of hydrogen-bond donors (Lipinski definition) is 7. The Bertz CT molecular complexity index is 921. The largest absolute Gasteiger partial charge is 0.464 e. The first-order valence-corrected chi connectivity index (χ1v) is 15.8. The number of nitrogens with zero attached hydrogens (tertiary/aromatic N) is 1. The standard InChI is InChI=1S/C14H20N4O4.C9H19NO.C5H11NO3.2C2H6.Y/c15-14(22)16-7-1-2-12(17-9-20)13(21)18-11-5-3-10(8-19)4-6-11;1-5-6-9(11)10-8(4)7(2)3;1-5(7)9-4-3-6(2)8;2*1-2;/h3-6,9,12,19H,1-2,7-8H2,(H,17,20)(H,18,21)(H3,15,16,22);7-8H,5-6H2,1-4H3,(H,10,11);8H,3-4H2,1-2H3;2*1-2H3;/t12-;;;;;/m0...../s1. The van der Waals surface area contributed by atoms with E-state index < -0.39 is 12.1 Å². The molecule has 0 aromatic heterocycles. The van der Waals surface area contributed by atoms with E-state index in [2.05, 4.69) is 39.9 Å². The smallest absolute Gasteiger partial charge is 0.312 e. The van der Waals surface area contributed by atoms with Gasteiger partial charge in [0.05, 0.1) is 13.2 Å². The number of urea groups is 1. The van der Waals surface area contributed by atoms with Crippen LogP contribution < -0.4 is 27.0 Å². The molecule has 1 radical (unpaired) electrons. The number of esters is 1. The van der Waals surface area contributed by atoms with Gasteiger partial charge in [0.15, 0.2) is 0 Å². The van der Waals surface area contributed by atoms with Crippen LogP contribution in [-0.2, 0) is 63.2 Å². The minimum absolute atomic E-state index is 0. The van der Waals surface area contributed by atoms with Gasteiger partial charge in [0.2, 0.25) is 18.2 Å². The average Bonchev–Trinajstić information content (AvgIpc) is 3.01. The van der Waals surface area contributed by atoms with E-state index in [1.165, 1.54) is 14.0 Å². The molecular formula is C32H62N6O8Y. The Morgan fingerprint density at radius 3 is 2.00 bits per heavy atom. The van der Waals surface area contributed by atoms with Crippen molar-refractivity contribution in [2.45, 2.75) is 107 Å². The van der Waals surface area contributed by atoms with Gasteiger partial charge in [0.1, 0.15) is 12.6 Å². The van der Waals surface area contributed by atoms with Gasteiger partial charge in [-0.15, -0.1) is 0 Å². The number of hydrogen-bond acceptors (Lipinski definition) is 9. The number of primary amides is 1. The maximum absolute atomic E-state index is 12.1. The van der Waals surface area contributed by atoms with Crippen molar-refractivity contribution < 1.29 is 71.7 Å². The van der Waals surface area contributed by atoms with Crippen LogP contribution in [0.5, 0.6) is 0 Å². The molecule has 0 aliphatic heterocycles. The molecule has 1 unspecified atom stereocenters. The minimum atomic E-state index is -0.704. The molecule has 0 heterocycles. The predicted octanol–water partition coefficient (Wildman–Crippen LogP) is 3.55. The molecule has 0 saturated heterocycles. The Morgan fingerprint density at radius 1 is 1.04 bits per heavy atom. The molecule has 5 amide bonds. The number of amides is 5. The van der Waals surface area contributed by atoms with Crippen LogP contribution in [0, 0.1) is 5.92 Å². The number of anilines is 1. The summed E-state index contributed by atoms with van der Waals surface area (Å²) in [5.74, 6) is 0.0179. The number of rotatable bonds is 16. The van der Waals surface area contributed by atoms with Crippen LogP contribution in [0.4, 0.5) is 10.5 Å². The molecule has 271 valence electrons. The van der Waals surface area contributed by atoms with E-state index >= 15 is 0 Å². The molecule has 15 heteroatoms. The number of hydroxylamine groups is 2.